The van der Waals surface area contributed by atoms with E-state index in [-0.39, 0.29) is 0 Å². The van der Waals surface area contributed by atoms with Crippen LogP contribution in [0.3, 0.4) is 0 Å². The zero-order valence-corrected chi connectivity index (χ0v) is 12.6. The van der Waals surface area contributed by atoms with Crippen molar-refractivity contribution >= 4 is 23.4 Å². The number of rotatable bonds is 8. The Kier molecular flexibility index (Phi) is 6.86. The third kappa shape index (κ3) is 4.37. The summed E-state index contributed by atoms with van der Waals surface area (Å²) in [5.74, 6) is 3.09. The predicted molar refractivity (Wildman–Crippen MR) is 81.7 cm³/mol. The lowest BCUT2D eigenvalue weighted by atomic mass is 10.2. The second kappa shape index (κ2) is 8.19. The maximum absolute atomic E-state index is 4.37. The van der Waals surface area contributed by atoms with Crippen molar-refractivity contribution < 1.29 is 0 Å². The summed E-state index contributed by atoms with van der Waals surface area (Å²) < 4.78 is 0. The van der Waals surface area contributed by atoms with Crippen LogP contribution >= 0.6 is 11.8 Å². The standard InChI is InChI=1S/C13H24N4S/c1-5-11-12(14-6-2)15-9-16-13(11)17-10(3)7-8-18-4/h9-10H,5-8H2,1-4H3,(H2,14,15,16,17). The molecule has 18 heavy (non-hydrogen) atoms. The number of aromatic nitrogens is 2. The first-order chi connectivity index (χ1) is 8.72. The lowest BCUT2D eigenvalue weighted by molar-refractivity contribution is 0.763. The van der Waals surface area contributed by atoms with E-state index in [4.69, 9.17) is 0 Å². The van der Waals surface area contributed by atoms with E-state index >= 15 is 0 Å². The van der Waals surface area contributed by atoms with Gasteiger partial charge in [-0.2, -0.15) is 11.8 Å². The average Bonchev–Trinajstić information content (AvgIpc) is 2.37. The largest absolute Gasteiger partial charge is 0.370 e. The van der Waals surface area contributed by atoms with E-state index in [2.05, 4.69) is 47.6 Å². The first-order valence-corrected chi connectivity index (χ1v) is 7.95. The fourth-order valence-corrected chi connectivity index (χ4v) is 2.38. The van der Waals surface area contributed by atoms with Crippen molar-refractivity contribution in [1.82, 2.24) is 9.97 Å². The van der Waals surface area contributed by atoms with Crippen LogP contribution in [0.4, 0.5) is 11.6 Å². The van der Waals surface area contributed by atoms with Crippen LogP contribution in [0, 0.1) is 0 Å². The van der Waals surface area contributed by atoms with Gasteiger partial charge >= 0.3 is 0 Å². The van der Waals surface area contributed by atoms with Gasteiger partial charge in [-0.1, -0.05) is 6.92 Å². The molecule has 0 aliphatic heterocycles. The van der Waals surface area contributed by atoms with Gasteiger partial charge in [0.15, 0.2) is 0 Å². The van der Waals surface area contributed by atoms with Gasteiger partial charge in [-0.05, 0) is 38.7 Å². The quantitative estimate of drug-likeness (QED) is 0.759. The zero-order chi connectivity index (χ0) is 13.4. The Morgan fingerprint density at radius 3 is 2.61 bits per heavy atom. The molecule has 0 aliphatic rings. The number of nitrogens with zero attached hydrogens (tertiary/aromatic N) is 2. The van der Waals surface area contributed by atoms with Crippen LogP contribution in [-0.4, -0.2) is 34.6 Å². The highest BCUT2D eigenvalue weighted by Gasteiger charge is 2.11. The number of hydrogen-bond acceptors (Lipinski definition) is 5. The molecule has 0 fully saturated rings. The molecule has 1 unspecified atom stereocenters. The van der Waals surface area contributed by atoms with Gasteiger partial charge in [0.05, 0.1) is 0 Å². The molecule has 0 aliphatic carbocycles. The monoisotopic (exact) mass is 268 g/mol. The highest BCUT2D eigenvalue weighted by Crippen LogP contribution is 2.21. The topological polar surface area (TPSA) is 49.8 Å². The van der Waals surface area contributed by atoms with Crippen molar-refractivity contribution in [3.63, 3.8) is 0 Å². The molecule has 0 aromatic carbocycles. The number of thioether (sulfide) groups is 1. The van der Waals surface area contributed by atoms with Crippen LogP contribution < -0.4 is 10.6 Å². The van der Waals surface area contributed by atoms with Crippen LogP contribution in [0.15, 0.2) is 6.33 Å². The Labute approximate surface area is 114 Å². The molecule has 4 nitrogen and oxygen atoms in total. The fourth-order valence-electron chi connectivity index (χ4n) is 1.79. The first kappa shape index (κ1) is 15.1. The molecule has 1 atom stereocenters. The van der Waals surface area contributed by atoms with E-state index in [1.807, 2.05) is 11.8 Å². The zero-order valence-electron chi connectivity index (χ0n) is 11.8. The molecule has 0 saturated carbocycles. The van der Waals surface area contributed by atoms with Crippen molar-refractivity contribution in [2.45, 2.75) is 39.7 Å². The molecule has 0 spiro atoms. The second-order valence-electron chi connectivity index (χ2n) is 4.26. The molecule has 1 heterocycles. The van der Waals surface area contributed by atoms with Crippen molar-refractivity contribution in [2.24, 2.45) is 0 Å². The molecule has 2 N–H and O–H groups in total. The van der Waals surface area contributed by atoms with Crippen LogP contribution in [0.5, 0.6) is 0 Å². The van der Waals surface area contributed by atoms with Crippen molar-refractivity contribution in [1.29, 1.82) is 0 Å². The summed E-state index contributed by atoms with van der Waals surface area (Å²) in [4.78, 5) is 8.67. The second-order valence-corrected chi connectivity index (χ2v) is 5.25. The van der Waals surface area contributed by atoms with Crippen LogP contribution in [-0.2, 0) is 6.42 Å². The number of nitrogens with one attached hydrogen (secondary N) is 2. The summed E-state index contributed by atoms with van der Waals surface area (Å²) >= 11 is 1.88. The molecule has 5 heteroatoms. The van der Waals surface area contributed by atoms with Gasteiger partial charge in [0.1, 0.15) is 18.0 Å². The maximum atomic E-state index is 4.37. The minimum atomic E-state index is 0.437. The molecule has 1 aromatic heterocycles. The normalized spacial score (nSPS) is 12.2. The van der Waals surface area contributed by atoms with E-state index in [0.717, 1.165) is 31.0 Å². The minimum absolute atomic E-state index is 0.437. The summed E-state index contributed by atoms with van der Waals surface area (Å²) in [6.07, 6.45) is 5.84. The van der Waals surface area contributed by atoms with E-state index < -0.39 is 0 Å². The molecule has 1 aromatic rings. The van der Waals surface area contributed by atoms with Crippen molar-refractivity contribution in [2.75, 3.05) is 29.2 Å². The van der Waals surface area contributed by atoms with Crippen LogP contribution in [0.25, 0.3) is 0 Å². The molecule has 0 radical (unpaired) electrons. The van der Waals surface area contributed by atoms with E-state index in [9.17, 15) is 0 Å². The van der Waals surface area contributed by atoms with Crippen molar-refractivity contribution in [3.8, 4) is 0 Å². The fraction of sp³-hybridized carbons (Fsp3) is 0.692. The minimum Gasteiger partial charge on any atom is -0.370 e. The molecular weight excluding hydrogens is 244 g/mol. The van der Waals surface area contributed by atoms with Gasteiger partial charge in [0.2, 0.25) is 0 Å². The van der Waals surface area contributed by atoms with Gasteiger partial charge in [0.25, 0.3) is 0 Å². The van der Waals surface area contributed by atoms with Gasteiger partial charge in [0, 0.05) is 18.2 Å². The summed E-state index contributed by atoms with van der Waals surface area (Å²) in [6, 6.07) is 0.437. The highest BCUT2D eigenvalue weighted by atomic mass is 32.2. The lowest BCUT2D eigenvalue weighted by Crippen LogP contribution is -2.19. The molecule has 0 saturated heterocycles. The third-order valence-electron chi connectivity index (χ3n) is 2.78. The predicted octanol–water partition coefficient (Wildman–Crippen LogP) is 3.02. The lowest BCUT2D eigenvalue weighted by Gasteiger charge is -2.18. The summed E-state index contributed by atoms with van der Waals surface area (Å²) in [5.41, 5.74) is 1.18. The van der Waals surface area contributed by atoms with E-state index in [0.29, 0.717) is 6.04 Å². The Bertz CT molecular complexity index is 357. The summed E-state index contributed by atoms with van der Waals surface area (Å²) in [5, 5.41) is 6.78. The third-order valence-corrected chi connectivity index (χ3v) is 3.43. The van der Waals surface area contributed by atoms with E-state index in [1.54, 1.807) is 6.33 Å². The smallest absolute Gasteiger partial charge is 0.134 e. The molecule has 0 bridgehead atoms. The maximum Gasteiger partial charge on any atom is 0.134 e. The first-order valence-electron chi connectivity index (χ1n) is 6.56. The highest BCUT2D eigenvalue weighted by molar-refractivity contribution is 7.98. The molecule has 0 amide bonds. The Hall–Kier alpha value is -0.970. The Balaban J connectivity index is 2.77. The van der Waals surface area contributed by atoms with E-state index in [1.165, 1.54) is 11.3 Å². The molecule has 102 valence electrons. The van der Waals surface area contributed by atoms with Crippen LogP contribution in [0.1, 0.15) is 32.8 Å². The van der Waals surface area contributed by atoms with Crippen LogP contribution in [0.2, 0.25) is 0 Å². The number of anilines is 2. The van der Waals surface area contributed by atoms with Gasteiger partial charge in [-0.3, -0.25) is 0 Å². The average molecular weight is 268 g/mol. The SMILES string of the molecule is CCNc1ncnc(NC(C)CCSC)c1CC. The Morgan fingerprint density at radius 2 is 2.00 bits per heavy atom. The molecular formula is C13H24N4S. The van der Waals surface area contributed by atoms with Gasteiger partial charge in [-0.15, -0.1) is 0 Å². The number of hydrogen-bond donors (Lipinski definition) is 2. The Morgan fingerprint density at radius 1 is 1.28 bits per heavy atom. The van der Waals surface area contributed by atoms with Gasteiger partial charge < -0.3 is 10.6 Å². The summed E-state index contributed by atoms with van der Waals surface area (Å²) in [7, 11) is 0. The van der Waals surface area contributed by atoms with Crippen molar-refractivity contribution in [3.05, 3.63) is 11.9 Å². The van der Waals surface area contributed by atoms with Gasteiger partial charge in [-0.25, -0.2) is 9.97 Å². The summed E-state index contributed by atoms with van der Waals surface area (Å²) in [6.45, 7) is 7.29. The molecule has 1 rings (SSSR count).